The zero-order chi connectivity index (χ0) is 9.14. The van der Waals surface area contributed by atoms with Gasteiger partial charge in [0.2, 0.25) is 0 Å². The molecular weight excluding hydrogens is 180 g/mol. The van der Waals surface area contributed by atoms with Gasteiger partial charge < -0.3 is 4.98 Å². The number of rotatable bonds is 1. The number of aromatic amines is 1. The Morgan fingerprint density at radius 1 is 1.67 bits per heavy atom. The molecule has 0 radical (unpaired) electrons. The van der Waals surface area contributed by atoms with Crippen LogP contribution in [0, 0.1) is 11.3 Å². The lowest BCUT2D eigenvalue weighted by molar-refractivity contribution is 0.108. The molecule has 0 saturated heterocycles. The molecule has 1 aromatic heterocycles. The molecular formula is C7H3ClN2O2. The second-order valence-electron chi connectivity index (χ2n) is 2.01. The minimum Gasteiger partial charge on any atom is -0.352 e. The van der Waals surface area contributed by atoms with E-state index in [0.717, 1.165) is 12.3 Å². The minimum absolute atomic E-state index is 0.0988. The van der Waals surface area contributed by atoms with E-state index in [-0.39, 0.29) is 11.3 Å². The Bertz CT molecular complexity index is 416. The summed E-state index contributed by atoms with van der Waals surface area (Å²) in [6.07, 6.45) is 1.12. The third-order valence-corrected chi connectivity index (χ3v) is 1.45. The first-order chi connectivity index (χ1) is 5.65. The number of hydrogen-bond donors (Lipinski definition) is 1. The summed E-state index contributed by atoms with van der Waals surface area (Å²) in [6, 6.07) is 2.75. The molecule has 1 heterocycles. The molecule has 4 nitrogen and oxygen atoms in total. The van der Waals surface area contributed by atoms with Gasteiger partial charge >= 0.3 is 0 Å². The number of hydrogen-bond acceptors (Lipinski definition) is 3. The summed E-state index contributed by atoms with van der Waals surface area (Å²) < 4.78 is 0. The number of H-pyrrole nitrogens is 1. The van der Waals surface area contributed by atoms with Crippen LogP contribution in [0.4, 0.5) is 0 Å². The maximum Gasteiger partial charge on any atom is 0.257 e. The molecule has 12 heavy (non-hydrogen) atoms. The third-order valence-electron chi connectivity index (χ3n) is 1.25. The average molecular weight is 183 g/mol. The number of carbonyl (C=O) groups is 1. The maximum atomic E-state index is 11.0. The number of halogens is 1. The molecule has 1 aromatic rings. The van der Waals surface area contributed by atoms with Gasteiger partial charge in [0.05, 0.1) is 5.56 Å². The Morgan fingerprint density at radius 2 is 2.33 bits per heavy atom. The molecule has 0 amide bonds. The summed E-state index contributed by atoms with van der Waals surface area (Å²) in [4.78, 5) is 23.9. The zero-order valence-electron chi connectivity index (χ0n) is 5.80. The summed E-state index contributed by atoms with van der Waals surface area (Å²) in [5.41, 5.74) is -0.609. The van der Waals surface area contributed by atoms with Crippen LogP contribution in [0.2, 0.25) is 0 Å². The standard InChI is InChI=1S/C7H3ClN2O2/c8-7(12)5-3-10-4(2-9)1-6(5)11/h1,3H,(H,10,11). The number of nitrogens with zero attached hydrogens (tertiary/aromatic N) is 1. The van der Waals surface area contributed by atoms with Gasteiger partial charge in [0.25, 0.3) is 5.24 Å². The van der Waals surface area contributed by atoms with Gasteiger partial charge in [-0.15, -0.1) is 0 Å². The molecule has 0 aliphatic heterocycles. The summed E-state index contributed by atoms with van der Waals surface area (Å²) in [6.45, 7) is 0. The van der Waals surface area contributed by atoms with Crippen LogP contribution >= 0.6 is 11.6 Å². The van der Waals surface area contributed by atoms with E-state index in [1.54, 1.807) is 6.07 Å². The Balaban J connectivity index is 3.33. The van der Waals surface area contributed by atoms with E-state index in [0.29, 0.717) is 0 Å². The molecule has 1 N–H and O–H groups in total. The molecule has 0 aromatic carbocycles. The van der Waals surface area contributed by atoms with E-state index >= 15 is 0 Å². The van der Waals surface area contributed by atoms with Gasteiger partial charge in [-0.25, -0.2) is 0 Å². The van der Waals surface area contributed by atoms with Crippen molar-refractivity contribution in [1.29, 1.82) is 5.26 Å². The van der Waals surface area contributed by atoms with Crippen LogP contribution in [0.15, 0.2) is 17.1 Å². The first-order valence-corrected chi connectivity index (χ1v) is 3.35. The maximum absolute atomic E-state index is 11.0. The van der Waals surface area contributed by atoms with Gasteiger partial charge in [0, 0.05) is 12.3 Å². The van der Waals surface area contributed by atoms with Crippen molar-refractivity contribution in [2.75, 3.05) is 0 Å². The van der Waals surface area contributed by atoms with Crippen LogP contribution in [0.25, 0.3) is 0 Å². The number of aromatic nitrogens is 1. The number of nitrogens with one attached hydrogen (secondary N) is 1. The summed E-state index contributed by atoms with van der Waals surface area (Å²) in [7, 11) is 0. The van der Waals surface area contributed by atoms with Gasteiger partial charge in [-0.1, -0.05) is 0 Å². The quantitative estimate of drug-likeness (QED) is 0.648. The van der Waals surface area contributed by atoms with Crippen molar-refractivity contribution in [3.05, 3.63) is 33.7 Å². The molecule has 0 aliphatic carbocycles. The lowest BCUT2D eigenvalue weighted by atomic mass is 10.2. The second kappa shape index (κ2) is 3.20. The lowest BCUT2D eigenvalue weighted by Gasteiger charge is -1.91. The van der Waals surface area contributed by atoms with Crippen LogP contribution in [0.3, 0.4) is 0 Å². The zero-order valence-corrected chi connectivity index (χ0v) is 6.55. The van der Waals surface area contributed by atoms with Crippen LogP contribution in [-0.4, -0.2) is 10.2 Å². The van der Waals surface area contributed by atoms with Gasteiger partial charge in [-0.3, -0.25) is 9.59 Å². The van der Waals surface area contributed by atoms with Crippen molar-refractivity contribution >= 4 is 16.8 Å². The van der Waals surface area contributed by atoms with E-state index in [9.17, 15) is 9.59 Å². The van der Waals surface area contributed by atoms with E-state index in [1.165, 1.54) is 0 Å². The molecule has 0 fully saturated rings. The number of nitriles is 1. The molecule has 1 rings (SSSR count). The van der Waals surface area contributed by atoms with E-state index in [1.807, 2.05) is 0 Å². The number of carbonyl (C=O) groups excluding carboxylic acids is 1. The van der Waals surface area contributed by atoms with E-state index in [2.05, 4.69) is 4.98 Å². The first kappa shape index (κ1) is 8.50. The summed E-state index contributed by atoms with van der Waals surface area (Å²) >= 11 is 5.06. The van der Waals surface area contributed by atoms with Gasteiger partial charge in [0.1, 0.15) is 11.8 Å². The fourth-order valence-electron chi connectivity index (χ4n) is 0.690. The normalized spacial score (nSPS) is 9.00. The van der Waals surface area contributed by atoms with Crippen molar-refractivity contribution in [2.45, 2.75) is 0 Å². The second-order valence-corrected chi connectivity index (χ2v) is 2.35. The Kier molecular flexibility index (Phi) is 2.26. The number of pyridine rings is 1. The topological polar surface area (TPSA) is 73.7 Å². The van der Waals surface area contributed by atoms with Crippen LogP contribution < -0.4 is 5.43 Å². The highest BCUT2D eigenvalue weighted by molar-refractivity contribution is 6.67. The van der Waals surface area contributed by atoms with Gasteiger partial charge in [0.15, 0.2) is 5.43 Å². The van der Waals surface area contributed by atoms with Crippen LogP contribution in [0.5, 0.6) is 0 Å². The molecule has 0 saturated carbocycles. The highest BCUT2D eigenvalue weighted by Gasteiger charge is 2.06. The molecule has 0 bridgehead atoms. The van der Waals surface area contributed by atoms with Gasteiger partial charge in [-0.05, 0) is 11.6 Å². The predicted molar refractivity (Wildman–Crippen MR) is 42.0 cm³/mol. The van der Waals surface area contributed by atoms with Gasteiger partial charge in [-0.2, -0.15) is 5.26 Å². The van der Waals surface area contributed by atoms with Crippen LogP contribution in [0.1, 0.15) is 16.1 Å². The van der Waals surface area contributed by atoms with Crippen LogP contribution in [-0.2, 0) is 0 Å². The average Bonchev–Trinajstić information content (AvgIpc) is 2.03. The first-order valence-electron chi connectivity index (χ1n) is 2.98. The molecule has 5 heteroatoms. The monoisotopic (exact) mass is 182 g/mol. The Morgan fingerprint density at radius 3 is 2.75 bits per heavy atom. The summed E-state index contributed by atoms with van der Waals surface area (Å²) in [5.74, 6) is 0. The fraction of sp³-hybridized carbons (Fsp3) is 0. The van der Waals surface area contributed by atoms with Crippen molar-refractivity contribution in [3.63, 3.8) is 0 Å². The summed E-state index contributed by atoms with van der Waals surface area (Å²) in [5, 5.41) is 7.52. The smallest absolute Gasteiger partial charge is 0.257 e. The highest BCUT2D eigenvalue weighted by Crippen LogP contribution is 1.96. The van der Waals surface area contributed by atoms with Crippen molar-refractivity contribution in [3.8, 4) is 6.07 Å². The molecule has 0 atom stereocenters. The van der Waals surface area contributed by atoms with Crippen molar-refractivity contribution < 1.29 is 4.79 Å². The largest absolute Gasteiger partial charge is 0.352 e. The van der Waals surface area contributed by atoms with E-state index in [4.69, 9.17) is 16.9 Å². The lowest BCUT2D eigenvalue weighted by Crippen LogP contribution is -2.11. The fourth-order valence-corrected chi connectivity index (χ4v) is 0.837. The van der Waals surface area contributed by atoms with E-state index < -0.39 is 10.7 Å². The Hall–Kier alpha value is -1.60. The Labute approximate surface area is 72.4 Å². The predicted octanol–water partition coefficient (Wildman–Crippen LogP) is 0.626. The highest BCUT2D eigenvalue weighted by atomic mass is 35.5. The molecule has 60 valence electrons. The molecule has 0 spiro atoms. The van der Waals surface area contributed by atoms with Crippen molar-refractivity contribution in [1.82, 2.24) is 4.98 Å². The SMILES string of the molecule is N#Cc1cc(=O)c(C(=O)Cl)c[nH]1. The third kappa shape index (κ3) is 1.52. The van der Waals surface area contributed by atoms with Crippen molar-refractivity contribution in [2.24, 2.45) is 0 Å². The molecule has 0 aliphatic rings. The molecule has 0 unspecified atom stereocenters. The minimum atomic E-state index is -0.833.